The average Bonchev–Trinajstić information content (AvgIpc) is 3.39. The summed E-state index contributed by atoms with van der Waals surface area (Å²) in [4.78, 5) is 29.7. The molecule has 3 fully saturated rings. The molecule has 1 saturated carbocycles. The molecule has 1 N–H and O–H groups in total. The number of hydrogen-bond donors (Lipinski definition) is 1. The van der Waals surface area contributed by atoms with E-state index in [1.165, 1.54) is 6.42 Å². The number of allylic oxidation sites excluding steroid dienone is 1. The number of nitrogens with zero attached hydrogens (tertiary/aromatic N) is 2. The number of fused-ring (bicyclic) bond motifs is 1. The molecule has 0 spiro atoms. The summed E-state index contributed by atoms with van der Waals surface area (Å²) < 4.78 is 12.5. The molecule has 7 nitrogen and oxygen atoms in total. The molecule has 1 unspecified atom stereocenters. The standard InChI is InChI=1S/C27H37N3O4/c1-4-33-27(3)12-14-29(15-13-27)22-6-5-7-24(22)34-20-9-10-21-19(16-20)17-30(26(21)32)23-11-8-18(2)28-25(23)31/h9-10,16,22-24H,2,4-8,11-15,17H2,1,3H3,(H,28,31)/t22-,23?,24+/m1/s1. The summed E-state index contributed by atoms with van der Waals surface area (Å²) in [6.45, 7) is 11.5. The third-order valence-electron chi connectivity index (χ3n) is 8.13. The summed E-state index contributed by atoms with van der Waals surface area (Å²) in [5, 5.41) is 2.80. The van der Waals surface area contributed by atoms with Gasteiger partial charge in [-0.3, -0.25) is 14.5 Å². The fraction of sp³-hybridized carbons (Fsp3) is 0.630. The zero-order chi connectivity index (χ0) is 23.9. The number of piperidine rings is 2. The summed E-state index contributed by atoms with van der Waals surface area (Å²) in [7, 11) is 0. The van der Waals surface area contributed by atoms with Crippen LogP contribution >= 0.6 is 0 Å². The number of hydrogen-bond acceptors (Lipinski definition) is 5. The fourth-order valence-corrected chi connectivity index (χ4v) is 6.16. The minimum absolute atomic E-state index is 0.00107. The molecule has 1 aliphatic carbocycles. The maximum Gasteiger partial charge on any atom is 0.255 e. The van der Waals surface area contributed by atoms with Gasteiger partial charge >= 0.3 is 0 Å². The molecule has 7 heteroatoms. The number of ether oxygens (including phenoxy) is 2. The highest BCUT2D eigenvalue weighted by molar-refractivity contribution is 6.01. The van der Waals surface area contributed by atoms with E-state index in [1.54, 1.807) is 4.90 Å². The van der Waals surface area contributed by atoms with Crippen molar-refractivity contribution in [3.63, 3.8) is 0 Å². The van der Waals surface area contributed by atoms with E-state index in [-0.39, 0.29) is 23.5 Å². The van der Waals surface area contributed by atoms with Gasteiger partial charge in [0.25, 0.3) is 5.91 Å². The molecule has 5 rings (SSSR count). The SMILES string of the molecule is C=C1CCC(N2Cc3cc(O[C@H]4CCC[C@H]4N4CCC(C)(OCC)CC4)ccc3C2=O)C(=O)N1. The number of amides is 2. The largest absolute Gasteiger partial charge is 0.489 e. The predicted molar refractivity (Wildman–Crippen MR) is 130 cm³/mol. The lowest BCUT2D eigenvalue weighted by molar-refractivity contribution is -0.126. The van der Waals surface area contributed by atoms with E-state index in [0.717, 1.165) is 62.4 Å². The molecule has 34 heavy (non-hydrogen) atoms. The van der Waals surface area contributed by atoms with Crippen LogP contribution in [0.4, 0.5) is 0 Å². The molecular weight excluding hydrogens is 430 g/mol. The minimum Gasteiger partial charge on any atom is -0.489 e. The van der Waals surface area contributed by atoms with Gasteiger partial charge in [-0.25, -0.2) is 0 Å². The number of likely N-dealkylation sites (tertiary alicyclic amines) is 1. The summed E-state index contributed by atoms with van der Waals surface area (Å²) in [6.07, 6.45) is 7.00. The molecule has 2 amide bonds. The Morgan fingerprint density at radius 2 is 1.97 bits per heavy atom. The van der Waals surface area contributed by atoms with Gasteiger partial charge in [-0.15, -0.1) is 0 Å². The maximum atomic E-state index is 13.0. The van der Waals surface area contributed by atoms with Crippen molar-refractivity contribution in [2.45, 2.75) is 89.1 Å². The number of benzene rings is 1. The van der Waals surface area contributed by atoms with Crippen LogP contribution in [-0.4, -0.2) is 65.1 Å². The second kappa shape index (κ2) is 9.34. The first-order chi connectivity index (χ1) is 16.4. The molecule has 0 radical (unpaired) electrons. The average molecular weight is 468 g/mol. The third-order valence-corrected chi connectivity index (χ3v) is 8.13. The zero-order valence-electron chi connectivity index (χ0n) is 20.5. The van der Waals surface area contributed by atoms with Crippen LogP contribution in [0.15, 0.2) is 30.5 Å². The van der Waals surface area contributed by atoms with E-state index < -0.39 is 6.04 Å². The van der Waals surface area contributed by atoms with Crippen LogP contribution in [0.3, 0.4) is 0 Å². The molecule has 4 aliphatic rings. The van der Waals surface area contributed by atoms with Crippen molar-refractivity contribution in [2.24, 2.45) is 0 Å². The van der Waals surface area contributed by atoms with Crippen molar-refractivity contribution in [1.82, 2.24) is 15.1 Å². The lowest BCUT2D eigenvalue weighted by Gasteiger charge is -2.42. The first kappa shape index (κ1) is 23.4. The Labute approximate surface area is 202 Å². The lowest BCUT2D eigenvalue weighted by Crippen LogP contribution is -2.51. The number of rotatable bonds is 6. The van der Waals surface area contributed by atoms with Crippen LogP contribution in [-0.2, 0) is 16.1 Å². The molecule has 2 saturated heterocycles. The Bertz CT molecular complexity index is 969. The predicted octanol–water partition coefficient (Wildman–Crippen LogP) is 3.63. The second-order valence-corrected chi connectivity index (χ2v) is 10.5. The molecule has 3 atom stereocenters. The highest BCUT2D eigenvalue weighted by Gasteiger charge is 2.40. The van der Waals surface area contributed by atoms with Crippen molar-refractivity contribution in [2.75, 3.05) is 19.7 Å². The van der Waals surface area contributed by atoms with Gasteiger partial charge in [0, 0.05) is 43.5 Å². The normalized spacial score (nSPS) is 29.3. The Balaban J connectivity index is 1.23. The van der Waals surface area contributed by atoms with Crippen LogP contribution in [0.1, 0.15) is 74.7 Å². The van der Waals surface area contributed by atoms with E-state index in [0.29, 0.717) is 31.0 Å². The summed E-state index contributed by atoms with van der Waals surface area (Å²) in [5.41, 5.74) is 2.35. The Morgan fingerprint density at radius 3 is 2.71 bits per heavy atom. The van der Waals surface area contributed by atoms with Gasteiger partial charge in [0.1, 0.15) is 17.9 Å². The molecule has 0 bridgehead atoms. The van der Waals surface area contributed by atoms with Gasteiger partial charge in [-0.05, 0) is 82.6 Å². The monoisotopic (exact) mass is 467 g/mol. The smallest absolute Gasteiger partial charge is 0.255 e. The summed E-state index contributed by atoms with van der Waals surface area (Å²) in [5.74, 6) is 0.617. The van der Waals surface area contributed by atoms with Gasteiger partial charge in [-0.2, -0.15) is 0 Å². The van der Waals surface area contributed by atoms with E-state index in [4.69, 9.17) is 9.47 Å². The zero-order valence-corrected chi connectivity index (χ0v) is 20.5. The molecule has 3 heterocycles. The van der Waals surface area contributed by atoms with Crippen LogP contribution in [0.2, 0.25) is 0 Å². The number of carbonyl (C=O) groups is 2. The first-order valence-electron chi connectivity index (χ1n) is 12.8. The van der Waals surface area contributed by atoms with Crippen molar-refractivity contribution >= 4 is 11.8 Å². The van der Waals surface area contributed by atoms with Crippen LogP contribution in [0, 0.1) is 0 Å². The highest BCUT2D eigenvalue weighted by atomic mass is 16.5. The van der Waals surface area contributed by atoms with Crippen molar-refractivity contribution in [1.29, 1.82) is 0 Å². The molecule has 1 aromatic carbocycles. The van der Waals surface area contributed by atoms with Crippen LogP contribution in [0.5, 0.6) is 5.75 Å². The summed E-state index contributed by atoms with van der Waals surface area (Å²) >= 11 is 0. The number of nitrogens with one attached hydrogen (secondary N) is 1. The first-order valence-corrected chi connectivity index (χ1v) is 12.8. The second-order valence-electron chi connectivity index (χ2n) is 10.5. The van der Waals surface area contributed by atoms with Gasteiger partial charge in [0.15, 0.2) is 0 Å². The molecular formula is C27H37N3O4. The van der Waals surface area contributed by atoms with E-state index in [2.05, 4.69) is 30.6 Å². The fourth-order valence-electron chi connectivity index (χ4n) is 6.16. The third kappa shape index (κ3) is 4.48. The van der Waals surface area contributed by atoms with Gasteiger partial charge < -0.3 is 19.7 Å². The van der Waals surface area contributed by atoms with Crippen LogP contribution < -0.4 is 10.1 Å². The van der Waals surface area contributed by atoms with Crippen molar-refractivity contribution in [3.05, 3.63) is 41.6 Å². The molecule has 0 aromatic heterocycles. The van der Waals surface area contributed by atoms with Gasteiger partial charge in [0.05, 0.1) is 5.60 Å². The van der Waals surface area contributed by atoms with E-state index in [1.807, 2.05) is 18.2 Å². The Kier molecular flexibility index (Phi) is 6.42. The Hall–Kier alpha value is -2.38. The minimum atomic E-state index is -0.435. The van der Waals surface area contributed by atoms with E-state index >= 15 is 0 Å². The molecule has 3 aliphatic heterocycles. The highest BCUT2D eigenvalue weighted by Crippen LogP contribution is 2.35. The van der Waals surface area contributed by atoms with Gasteiger partial charge in [0.2, 0.25) is 5.91 Å². The van der Waals surface area contributed by atoms with Crippen LogP contribution in [0.25, 0.3) is 0 Å². The van der Waals surface area contributed by atoms with E-state index in [9.17, 15) is 9.59 Å². The van der Waals surface area contributed by atoms with Crippen molar-refractivity contribution in [3.8, 4) is 5.75 Å². The molecule has 1 aromatic rings. The quantitative estimate of drug-likeness (QED) is 0.692. The van der Waals surface area contributed by atoms with Crippen molar-refractivity contribution < 1.29 is 19.1 Å². The Morgan fingerprint density at radius 1 is 1.18 bits per heavy atom. The summed E-state index contributed by atoms with van der Waals surface area (Å²) in [6, 6.07) is 5.78. The lowest BCUT2D eigenvalue weighted by atomic mass is 9.92. The maximum absolute atomic E-state index is 13.0. The topological polar surface area (TPSA) is 71.1 Å². The van der Waals surface area contributed by atoms with Gasteiger partial charge in [-0.1, -0.05) is 6.58 Å². The number of carbonyl (C=O) groups excluding carboxylic acids is 2. The molecule has 184 valence electrons.